The van der Waals surface area contributed by atoms with Gasteiger partial charge in [0.1, 0.15) is 12.1 Å². The second-order valence-electron chi connectivity index (χ2n) is 6.35. The van der Waals surface area contributed by atoms with Crippen molar-refractivity contribution in [3.05, 3.63) is 36.7 Å². The summed E-state index contributed by atoms with van der Waals surface area (Å²) in [6.07, 6.45) is 6.37. The highest BCUT2D eigenvalue weighted by Gasteiger charge is 2.20. The van der Waals surface area contributed by atoms with E-state index in [0.717, 1.165) is 61.4 Å². The van der Waals surface area contributed by atoms with Crippen LogP contribution in [0.3, 0.4) is 0 Å². The minimum absolute atomic E-state index is 0.769. The smallest absolute Gasteiger partial charge is 0.203 e. The van der Waals surface area contributed by atoms with Gasteiger partial charge in [-0.05, 0) is 25.5 Å². The minimum atomic E-state index is 0.769. The topological polar surface area (TPSA) is 92.6 Å². The van der Waals surface area contributed by atoms with E-state index in [-0.39, 0.29) is 0 Å². The first kappa shape index (κ1) is 15.0. The lowest BCUT2D eigenvalue weighted by Gasteiger charge is -2.23. The summed E-state index contributed by atoms with van der Waals surface area (Å²) in [5, 5.41) is 21.1. The molecule has 26 heavy (non-hydrogen) atoms. The van der Waals surface area contributed by atoms with E-state index in [1.165, 1.54) is 0 Å². The molecule has 0 aromatic carbocycles. The van der Waals surface area contributed by atoms with Crippen molar-refractivity contribution in [1.29, 1.82) is 0 Å². The van der Waals surface area contributed by atoms with E-state index in [2.05, 4.69) is 35.2 Å². The van der Waals surface area contributed by atoms with Gasteiger partial charge in [0.25, 0.3) is 0 Å². The maximum atomic E-state index is 4.70. The second kappa shape index (κ2) is 5.90. The predicted octanol–water partition coefficient (Wildman–Crippen LogP) is 0.587. The molecule has 0 radical (unpaired) electrons. The molecule has 0 atom stereocenters. The van der Waals surface area contributed by atoms with Crippen molar-refractivity contribution in [2.75, 3.05) is 36.0 Å². The number of fused-ring (bicyclic) bond motifs is 2. The molecule has 0 bridgehead atoms. The van der Waals surface area contributed by atoms with Crippen LogP contribution in [0, 0.1) is 6.92 Å². The molecule has 5 rings (SSSR count). The van der Waals surface area contributed by atoms with Crippen LogP contribution in [0.2, 0.25) is 0 Å². The molecular formula is C16H18N10. The number of hydrogen-bond donors (Lipinski definition) is 0. The molecule has 10 heteroatoms. The van der Waals surface area contributed by atoms with Gasteiger partial charge in [0.15, 0.2) is 17.3 Å². The van der Waals surface area contributed by atoms with Crippen LogP contribution in [0.5, 0.6) is 0 Å². The molecule has 4 aromatic rings. The third-order valence-electron chi connectivity index (χ3n) is 4.72. The first-order valence-corrected chi connectivity index (χ1v) is 8.63. The van der Waals surface area contributed by atoms with Crippen LogP contribution in [0.1, 0.15) is 12.2 Å². The lowest BCUT2D eigenvalue weighted by molar-refractivity contribution is 0.769. The Hall–Kier alpha value is -3.30. The van der Waals surface area contributed by atoms with Gasteiger partial charge in [0, 0.05) is 38.6 Å². The van der Waals surface area contributed by atoms with Crippen molar-refractivity contribution < 1.29 is 0 Å². The van der Waals surface area contributed by atoms with Gasteiger partial charge >= 0.3 is 0 Å². The zero-order chi connectivity index (χ0) is 17.5. The lowest BCUT2D eigenvalue weighted by Crippen LogP contribution is -2.32. The normalized spacial score (nSPS) is 15.7. The van der Waals surface area contributed by atoms with Crippen LogP contribution in [0.25, 0.3) is 11.3 Å². The summed E-state index contributed by atoms with van der Waals surface area (Å²) in [6, 6.07) is 3.97. The Morgan fingerprint density at radius 2 is 1.85 bits per heavy atom. The van der Waals surface area contributed by atoms with Crippen LogP contribution in [-0.2, 0) is 0 Å². The fourth-order valence-corrected chi connectivity index (χ4v) is 3.38. The molecule has 1 fully saturated rings. The molecule has 5 heterocycles. The molecule has 132 valence electrons. The third-order valence-corrected chi connectivity index (χ3v) is 4.72. The van der Waals surface area contributed by atoms with E-state index >= 15 is 0 Å². The lowest BCUT2D eigenvalue weighted by atomic mass is 10.3. The predicted molar refractivity (Wildman–Crippen MR) is 95.3 cm³/mol. The number of aryl methyl sites for hydroxylation is 1. The van der Waals surface area contributed by atoms with Crippen molar-refractivity contribution in [3.63, 3.8) is 0 Å². The van der Waals surface area contributed by atoms with Crippen molar-refractivity contribution in [1.82, 2.24) is 39.4 Å². The molecule has 1 saturated heterocycles. The average Bonchev–Trinajstić information content (AvgIpc) is 3.21. The van der Waals surface area contributed by atoms with Gasteiger partial charge in [-0.15, -0.1) is 25.5 Å². The van der Waals surface area contributed by atoms with E-state index in [1.807, 2.05) is 29.7 Å². The van der Waals surface area contributed by atoms with Crippen LogP contribution in [0.4, 0.5) is 11.6 Å². The molecule has 0 unspecified atom stereocenters. The van der Waals surface area contributed by atoms with Gasteiger partial charge in [-0.3, -0.25) is 4.40 Å². The molecule has 10 nitrogen and oxygen atoms in total. The molecule has 0 spiro atoms. The van der Waals surface area contributed by atoms with E-state index in [1.54, 1.807) is 17.0 Å². The van der Waals surface area contributed by atoms with Gasteiger partial charge in [0.05, 0.1) is 0 Å². The monoisotopic (exact) mass is 350 g/mol. The Balaban J connectivity index is 1.41. The van der Waals surface area contributed by atoms with Crippen molar-refractivity contribution >= 4 is 22.9 Å². The molecule has 0 N–H and O–H groups in total. The van der Waals surface area contributed by atoms with Crippen LogP contribution in [-0.4, -0.2) is 65.6 Å². The molecule has 0 saturated carbocycles. The maximum Gasteiger partial charge on any atom is 0.203 e. The van der Waals surface area contributed by atoms with E-state index in [0.29, 0.717) is 0 Å². The summed E-state index contributed by atoms with van der Waals surface area (Å²) in [5.74, 6) is 2.61. The first-order valence-electron chi connectivity index (χ1n) is 8.63. The maximum absolute atomic E-state index is 4.70. The van der Waals surface area contributed by atoms with Gasteiger partial charge in [-0.1, -0.05) is 0 Å². The van der Waals surface area contributed by atoms with E-state index in [9.17, 15) is 0 Å². The second-order valence-corrected chi connectivity index (χ2v) is 6.35. The van der Waals surface area contributed by atoms with Crippen molar-refractivity contribution in [2.24, 2.45) is 0 Å². The fraction of sp³-hybridized carbons (Fsp3) is 0.375. The Morgan fingerprint density at radius 3 is 2.81 bits per heavy atom. The highest BCUT2D eigenvalue weighted by Crippen LogP contribution is 2.20. The largest absolute Gasteiger partial charge is 0.353 e. The quantitative estimate of drug-likeness (QED) is 0.518. The molecule has 1 aliphatic heterocycles. The minimum Gasteiger partial charge on any atom is -0.353 e. The SMILES string of the molecule is Cc1nnc2ccc(N3CCCN(c4nccn5cnnc45)CC3)nn12. The summed E-state index contributed by atoms with van der Waals surface area (Å²) < 4.78 is 3.69. The van der Waals surface area contributed by atoms with Crippen molar-refractivity contribution in [3.8, 4) is 0 Å². The Morgan fingerprint density at radius 1 is 0.962 bits per heavy atom. The third kappa shape index (κ3) is 2.41. The Labute approximate surface area is 149 Å². The van der Waals surface area contributed by atoms with Crippen molar-refractivity contribution in [2.45, 2.75) is 13.3 Å². The van der Waals surface area contributed by atoms with Gasteiger partial charge in [-0.25, -0.2) is 4.98 Å². The van der Waals surface area contributed by atoms with Gasteiger partial charge < -0.3 is 9.80 Å². The van der Waals surface area contributed by atoms with E-state index in [4.69, 9.17) is 5.10 Å². The Bertz CT molecular complexity index is 1070. The van der Waals surface area contributed by atoms with Crippen LogP contribution in [0.15, 0.2) is 30.9 Å². The van der Waals surface area contributed by atoms with E-state index < -0.39 is 0 Å². The van der Waals surface area contributed by atoms with Crippen LogP contribution < -0.4 is 9.80 Å². The standard InChI is InChI=1S/C16H18N10/c1-12-19-20-13-3-4-14(22-26(12)13)23-6-2-7-24(10-9-23)15-16-21-18-11-25(16)8-5-17-15/h3-5,8,11H,2,6-7,9-10H2,1H3. The average molecular weight is 350 g/mol. The highest BCUT2D eigenvalue weighted by molar-refractivity contribution is 5.63. The number of hydrogen-bond acceptors (Lipinski definition) is 8. The molecule has 4 aromatic heterocycles. The van der Waals surface area contributed by atoms with Crippen LogP contribution >= 0.6 is 0 Å². The summed E-state index contributed by atoms with van der Waals surface area (Å²) in [7, 11) is 0. The zero-order valence-electron chi connectivity index (χ0n) is 14.4. The number of aromatic nitrogens is 8. The molecule has 0 amide bonds. The fourth-order valence-electron chi connectivity index (χ4n) is 3.38. The number of rotatable bonds is 2. The first-order chi connectivity index (χ1) is 12.8. The molecule has 1 aliphatic rings. The summed E-state index contributed by atoms with van der Waals surface area (Å²) in [6.45, 7) is 5.47. The molecular weight excluding hydrogens is 332 g/mol. The molecule has 0 aliphatic carbocycles. The highest BCUT2D eigenvalue weighted by atomic mass is 15.4. The van der Waals surface area contributed by atoms with Gasteiger partial charge in [-0.2, -0.15) is 4.52 Å². The zero-order valence-corrected chi connectivity index (χ0v) is 14.4. The summed E-state index contributed by atoms with van der Waals surface area (Å²) in [4.78, 5) is 9.10. The number of nitrogens with zero attached hydrogens (tertiary/aromatic N) is 10. The van der Waals surface area contributed by atoms with Gasteiger partial charge in [0.2, 0.25) is 5.65 Å². The Kier molecular flexibility index (Phi) is 3.40. The number of anilines is 2. The summed E-state index contributed by atoms with van der Waals surface area (Å²) in [5.41, 5.74) is 1.56. The summed E-state index contributed by atoms with van der Waals surface area (Å²) >= 11 is 0.